The summed E-state index contributed by atoms with van der Waals surface area (Å²) in [6.45, 7) is 0.587. The van der Waals surface area contributed by atoms with Crippen LogP contribution in [0.5, 0.6) is 5.75 Å². The third kappa shape index (κ3) is 4.98. The quantitative estimate of drug-likeness (QED) is 0.778. The van der Waals surface area contributed by atoms with Crippen molar-refractivity contribution in [2.45, 2.75) is 26.0 Å². The Hall–Kier alpha value is -1.20. The average molecular weight is 259 g/mol. The molecule has 1 rings (SSSR count). The molecular weight excluding hydrogens is 240 g/mol. The first-order valence-corrected chi connectivity index (χ1v) is 5.94. The lowest BCUT2D eigenvalue weighted by Gasteiger charge is -2.18. The molecule has 0 spiro atoms. The van der Waals surface area contributed by atoms with Crippen molar-refractivity contribution in [2.75, 3.05) is 20.3 Å². The number of alkyl halides is 2. The molecule has 1 N–H and O–H groups in total. The van der Waals surface area contributed by atoms with Crippen molar-refractivity contribution in [1.29, 1.82) is 0 Å². The van der Waals surface area contributed by atoms with E-state index in [0.29, 0.717) is 6.61 Å². The van der Waals surface area contributed by atoms with Crippen LogP contribution in [0.3, 0.4) is 0 Å². The highest BCUT2D eigenvalue weighted by Gasteiger charge is 2.12. The summed E-state index contributed by atoms with van der Waals surface area (Å²) in [5.74, 6) is 0.168. The Morgan fingerprint density at radius 2 is 2.11 bits per heavy atom. The largest absolute Gasteiger partial charge is 0.435 e. The minimum atomic E-state index is -2.80. The van der Waals surface area contributed by atoms with E-state index in [1.54, 1.807) is 19.2 Å². The molecule has 1 atom stereocenters. The van der Waals surface area contributed by atoms with Crippen LogP contribution in [0, 0.1) is 0 Å². The van der Waals surface area contributed by atoms with E-state index in [1.807, 2.05) is 6.07 Å². The molecule has 0 amide bonds. The highest BCUT2D eigenvalue weighted by molar-refractivity contribution is 5.30. The zero-order chi connectivity index (χ0) is 13.4. The van der Waals surface area contributed by atoms with E-state index < -0.39 is 6.61 Å². The fourth-order valence-electron chi connectivity index (χ4n) is 1.67. The van der Waals surface area contributed by atoms with Crippen molar-refractivity contribution in [3.63, 3.8) is 0 Å². The van der Waals surface area contributed by atoms with Crippen molar-refractivity contribution in [1.82, 2.24) is 5.32 Å². The second-order valence-corrected chi connectivity index (χ2v) is 3.91. The van der Waals surface area contributed by atoms with Crippen LogP contribution < -0.4 is 10.1 Å². The van der Waals surface area contributed by atoms with Gasteiger partial charge in [0.15, 0.2) is 0 Å². The van der Waals surface area contributed by atoms with Crippen LogP contribution in [0.1, 0.15) is 24.9 Å². The van der Waals surface area contributed by atoms with E-state index in [2.05, 4.69) is 17.0 Å². The first-order valence-electron chi connectivity index (χ1n) is 5.94. The van der Waals surface area contributed by atoms with Gasteiger partial charge in [0.2, 0.25) is 0 Å². The van der Waals surface area contributed by atoms with E-state index in [4.69, 9.17) is 4.74 Å². The summed E-state index contributed by atoms with van der Waals surface area (Å²) in [4.78, 5) is 0. The summed E-state index contributed by atoms with van der Waals surface area (Å²) in [5, 5.41) is 3.30. The summed E-state index contributed by atoms with van der Waals surface area (Å²) in [7, 11) is 1.61. The molecule has 0 radical (unpaired) electrons. The Morgan fingerprint density at radius 1 is 1.33 bits per heavy atom. The van der Waals surface area contributed by atoms with Crippen LogP contribution in [0.4, 0.5) is 8.78 Å². The number of hydrogen-bond donors (Lipinski definition) is 1. The minimum absolute atomic E-state index is 0.0174. The maximum atomic E-state index is 12.1. The Kier molecular flexibility index (Phi) is 6.60. The lowest BCUT2D eigenvalue weighted by atomic mass is 10.1. The van der Waals surface area contributed by atoms with Crippen LogP contribution in [0.25, 0.3) is 0 Å². The van der Waals surface area contributed by atoms with Gasteiger partial charge in [-0.1, -0.05) is 19.1 Å². The third-order valence-electron chi connectivity index (χ3n) is 2.46. The molecule has 0 saturated carbocycles. The Bertz CT molecular complexity index is 348. The summed E-state index contributed by atoms with van der Waals surface area (Å²) >= 11 is 0. The predicted octanol–water partition coefficient (Wildman–Crippen LogP) is 2.98. The molecule has 0 aliphatic rings. The highest BCUT2D eigenvalue weighted by atomic mass is 19.3. The smallest absolute Gasteiger partial charge is 0.387 e. The van der Waals surface area contributed by atoms with E-state index in [0.717, 1.165) is 18.5 Å². The van der Waals surface area contributed by atoms with E-state index in [1.165, 1.54) is 6.07 Å². The van der Waals surface area contributed by atoms with Gasteiger partial charge < -0.3 is 14.8 Å². The first kappa shape index (κ1) is 14.9. The molecule has 5 heteroatoms. The molecule has 102 valence electrons. The molecule has 0 saturated heterocycles. The average Bonchev–Trinajstić information content (AvgIpc) is 2.34. The second kappa shape index (κ2) is 8.00. The van der Waals surface area contributed by atoms with Crippen molar-refractivity contribution in [2.24, 2.45) is 0 Å². The molecule has 1 unspecified atom stereocenters. The number of hydrogen-bond acceptors (Lipinski definition) is 3. The molecule has 1 aromatic rings. The molecule has 18 heavy (non-hydrogen) atoms. The van der Waals surface area contributed by atoms with Crippen molar-refractivity contribution >= 4 is 0 Å². The Balaban J connectivity index is 2.76. The standard InChI is InChI=1S/C13H19F2NO2/c1-3-7-16-12(9-17-2)10-5-4-6-11(8-10)18-13(14)15/h4-6,8,12-13,16H,3,7,9H2,1-2H3. The van der Waals surface area contributed by atoms with Crippen LogP contribution >= 0.6 is 0 Å². The maximum Gasteiger partial charge on any atom is 0.387 e. The van der Waals surface area contributed by atoms with Crippen LogP contribution in [0.15, 0.2) is 24.3 Å². The number of methoxy groups -OCH3 is 1. The van der Waals surface area contributed by atoms with E-state index in [-0.39, 0.29) is 11.8 Å². The number of rotatable bonds is 8. The fourth-order valence-corrected chi connectivity index (χ4v) is 1.67. The number of nitrogens with one attached hydrogen (secondary N) is 1. The summed E-state index contributed by atoms with van der Waals surface area (Å²) in [6, 6.07) is 6.67. The monoisotopic (exact) mass is 259 g/mol. The number of benzene rings is 1. The number of ether oxygens (including phenoxy) is 2. The van der Waals surface area contributed by atoms with Gasteiger partial charge in [-0.15, -0.1) is 0 Å². The minimum Gasteiger partial charge on any atom is -0.435 e. The van der Waals surface area contributed by atoms with Crippen molar-refractivity contribution < 1.29 is 18.3 Å². The lowest BCUT2D eigenvalue weighted by Crippen LogP contribution is -2.25. The van der Waals surface area contributed by atoms with Gasteiger partial charge in [0, 0.05) is 7.11 Å². The summed E-state index contributed by atoms with van der Waals surface area (Å²) in [5.41, 5.74) is 0.878. The van der Waals surface area contributed by atoms with Gasteiger partial charge in [0.25, 0.3) is 0 Å². The zero-order valence-electron chi connectivity index (χ0n) is 10.7. The van der Waals surface area contributed by atoms with Crippen LogP contribution in [-0.2, 0) is 4.74 Å². The molecular formula is C13H19F2NO2. The molecule has 0 aromatic heterocycles. The summed E-state index contributed by atoms with van der Waals surface area (Å²) < 4.78 is 33.8. The zero-order valence-corrected chi connectivity index (χ0v) is 10.7. The van der Waals surface area contributed by atoms with Gasteiger partial charge in [0.05, 0.1) is 12.6 Å². The maximum absolute atomic E-state index is 12.1. The fraction of sp³-hybridized carbons (Fsp3) is 0.538. The predicted molar refractivity (Wildman–Crippen MR) is 66.0 cm³/mol. The van der Waals surface area contributed by atoms with Gasteiger partial charge in [-0.2, -0.15) is 8.78 Å². The van der Waals surface area contributed by atoms with Gasteiger partial charge in [0.1, 0.15) is 5.75 Å². The normalized spacial score (nSPS) is 12.7. The van der Waals surface area contributed by atoms with Crippen LogP contribution in [-0.4, -0.2) is 26.9 Å². The summed E-state index contributed by atoms with van der Waals surface area (Å²) in [6.07, 6.45) is 0.993. The lowest BCUT2D eigenvalue weighted by molar-refractivity contribution is -0.0499. The van der Waals surface area contributed by atoms with Gasteiger partial charge in [-0.3, -0.25) is 0 Å². The Morgan fingerprint density at radius 3 is 2.72 bits per heavy atom. The highest BCUT2D eigenvalue weighted by Crippen LogP contribution is 2.21. The molecule has 1 aromatic carbocycles. The molecule has 0 aliphatic heterocycles. The van der Waals surface area contributed by atoms with E-state index in [9.17, 15) is 8.78 Å². The van der Waals surface area contributed by atoms with Gasteiger partial charge >= 0.3 is 6.61 Å². The first-order chi connectivity index (χ1) is 8.67. The Labute approximate surface area is 106 Å². The SMILES string of the molecule is CCCNC(COC)c1cccc(OC(F)F)c1. The topological polar surface area (TPSA) is 30.5 Å². The second-order valence-electron chi connectivity index (χ2n) is 3.91. The third-order valence-corrected chi connectivity index (χ3v) is 2.46. The molecule has 0 fully saturated rings. The van der Waals surface area contributed by atoms with Gasteiger partial charge in [-0.05, 0) is 30.7 Å². The van der Waals surface area contributed by atoms with Gasteiger partial charge in [-0.25, -0.2) is 0 Å². The molecule has 0 bridgehead atoms. The molecule has 0 heterocycles. The van der Waals surface area contributed by atoms with E-state index >= 15 is 0 Å². The molecule has 3 nitrogen and oxygen atoms in total. The van der Waals surface area contributed by atoms with Crippen molar-refractivity contribution in [3.8, 4) is 5.75 Å². The molecule has 0 aliphatic carbocycles. The van der Waals surface area contributed by atoms with Crippen LogP contribution in [0.2, 0.25) is 0 Å². The van der Waals surface area contributed by atoms with Crippen molar-refractivity contribution in [3.05, 3.63) is 29.8 Å². The number of halogens is 2.